The maximum Gasteiger partial charge on any atom is 0.321 e. The zero-order valence-corrected chi connectivity index (χ0v) is 13.7. The normalized spacial score (nSPS) is 11.8. The van der Waals surface area contributed by atoms with Gasteiger partial charge in [-0.05, 0) is 44.5 Å². The van der Waals surface area contributed by atoms with Gasteiger partial charge in [0.1, 0.15) is 12.3 Å². The van der Waals surface area contributed by atoms with Gasteiger partial charge in [-0.15, -0.1) is 0 Å². The Bertz CT molecular complexity index is 610. The molecule has 1 aromatic rings. The summed E-state index contributed by atoms with van der Waals surface area (Å²) in [5, 5.41) is 0. The van der Waals surface area contributed by atoms with Crippen LogP contribution in [0.4, 0.5) is 0 Å². The van der Waals surface area contributed by atoms with Crippen LogP contribution in [0.5, 0.6) is 5.75 Å². The molecule has 1 aromatic carbocycles. The molecule has 0 radical (unpaired) electrons. The topological polar surface area (TPSA) is 72.9 Å². The van der Waals surface area contributed by atoms with Crippen LogP contribution in [-0.2, 0) is 19.6 Å². The van der Waals surface area contributed by atoms with Crippen LogP contribution < -0.4 is 4.74 Å². The van der Waals surface area contributed by atoms with E-state index in [0.29, 0.717) is 11.3 Å². The Morgan fingerprint density at radius 1 is 1.29 bits per heavy atom. The predicted molar refractivity (Wildman–Crippen MR) is 78.8 cm³/mol. The van der Waals surface area contributed by atoms with Crippen LogP contribution in [0.3, 0.4) is 0 Å². The molecular weight excluding hydrogens is 294 g/mol. The molecule has 0 saturated heterocycles. The highest BCUT2D eigenvalue weighted by molar-refractivity contribution is 7.89. The quantitative estimate of drug-likeness (QED) is 0.745. The second kappa shape index (κ2) is 6.91. The van der Waals surface area contributed by atoms with E-state index < -0.39 is 16.0 Å². The highest BCUT2D eigenvalue weighted by Crippen LogP contribution is 2.24. The first kappa shape index (κ1) is 17.5. The number of hydrogen-bond acceptors (Lipinski definition) is 5. The molecule has 0 atom stereocenters. The number of methoxy groups -OCH3 is 2. The molecular formula is C14H21NO5S. The molecule has 118 valence electrons. The molecule has 0 aliphatic carbocycles. The van der Waals surface area contributed by atoms with Gasteiger partial charge >= 0.3 is 5.97 Å². The molecule has 0 unspecified atom stereocenters. The summed E-state index contributed by atoms with van der Waals surface area (Å²) in [5.74, 6) is 0.00974. The molecule has 0 aliphatic heterocycles. The summed E-state index contributed by atoms with van der Waals surface area (Å²) < 4.78 is 36.1. The predicted octanol–water partition coefficient (Wildman–Crippen LogP) is 1.58. The largest absolute Gasteiger partial charge is 0.496 e. The van der Waals surface area contributed by atoms with Gasteiger partial charge in [0, 0.05) is 6.04 Å². The molecule has 7 heteroatoms. The first-order valence-electron chi connectivity index (χ1n) is 6.47. The number of nitrogens with zero attached hydrogens (tertiary/aromatic N) is 1. The number of sulfonamides is 1. The smallest absolute Gasteiger partial charge is 0.321 e. The molecule has 0 bridgehead atoms. The third kappa shape index (κ3) is 3.95. The van der Waals surface area contributed by atoms with E-state index >= 15 is 0 Å². The van der Waals surface area contributed by atoms with Gasteiger partial charge in [0.25, 0.3) is 0 Å². The van der Waals surface area contributed by atoms with Crippen LogP contribution in [0.25, 0.3) is 0 Å². The fourth-order valence-corrected chi connectivity index (χ4v) is 3.55. The maximum absolute atomic E-state index is 12.7. The van der Waals surface area contributed by atoms with Crippen molar-refractivity contribution in [1.29, 1.82) is 0 Å². The Balaban J connectivity index is 3.23. The molecule has 1 rings (SSSR count). The third-order valence-electron chi connectivity index (χ3n) is 3.06. The molecule has 0 N–H and O–H groups in total. The lowest BCUT2D eigenvalue weighted by molar-refractivity contribution is -0.141. The second-order valence-electron chi connectivity index (χ2n) is 4.85. The fourth-order valence-electron chi connectivity index (χ4n) is 1.88. The van der Waals surface area contributed by atoms with E-state index in [0.717, 1.165) is 4.31 Å². The minimum Gasteiger partial charge on any atom is -0.496 e. The van der Waals surface area contributed by atoms with Crippen molar-refractivity contribution in [2.75, 3.05) is 20.8 Å². The van der Waals surface area contributed by atoms with E-state index in [-0.39, 0.29) is 17.5 Å². The summed E-state index contributed by atoms with van der Waals surface area (Å²) in [4.78, 5) is 11.5. The number of esters is 1. The summed E-state index contributed by atoms with van der Waals surface area (Å²) in [6.07, 6.45) is 0. The number of hydrogen-bond donors (Lipinski definition) is 0. The average molecular weight is 315 g/mol. The lowest BCUT2D eigenvalue weighted by Gasteiger charge is -2.25. The average Bonchev–Trinajstić information content (AvgIpc) is 2.43. The molecule has 21 heavy (non-hydrogen) atoms. The Labute approximate surface area is 125 Å². The number of aryl methyl sites for hydroxylation is 1. The number of rotatable bonds is 6. The Kier molecular flexibility index (Phi) is 5.74. The minimum absolute atomic E-state index is 0.124. The van der Waals surface area contributed by atoms with Crippen LogP contribution in [0.1, 0.15) is 19.4 Å². The van der Waals surface area contributed by atoms with Gasteiger partial charge in [-0.3, -0.25) is 4.79 Å². The summed E-state index contributed by atoms with van der Waals surface area (Å²) in [6, 6.07) is 4.23. The summed E-state index contributed by atoms with van der Waals surface area (Å²) >= 11 is 0. The van der Waals surface area contributed by atoms with Crippen molar-refractivity contribution in [3.05, 3.63) is 23.8 Å². The van der Waals surface area contributed by atoms with Gasteiger partial charge < -0.3 is 9.47 Å². The molecule has 0 aliphatic rings. The third-order valence-corrected chi connectivity index (χ3v) is 5.08. The van der Waals surface area contributed by atoms with Gasteiger partial charge in [-0.2, -0.15) is 4.31 Å². The lowest BCUT2D eigenvalue weighted by Crippen LogP contribution is -2.41. The number of carbonyl (C=O) groups excluding carboxylic acids is 1. The molecule has 0 spiro atoms. The van der Waals surface area contributed by atoms with Gasteiger partial charge in [-0.25, -0.2) is 8.42 Å². The summed E-state index contributed by atoms with van der Waals surface area (Å²) in [5.41, 5.74) is 0.709. The van der Waals surface area contributed by atoms with E-state index in [1.807, 2.05) is 0 Å². The highest BCUT2D eigenvalue weighted by atomic mass is 32.2. The second-order valence-corrected chi connectivity index (χ2v) is 6.74. The van der Waals surface area contributed by atoms with Gasteiger partial charge in [0.2, 0.25) is 10.0 Å². The van der Waals surface area contributed by atoms with E-state index in [2.05, 4.69) is 4.74 Å². The fraction of sp³-hybridized carbons (Fsp3) is 0.500. The van der Waals surface area contributed by atoms with Gasteiger partial charge in [-0.1, -0.05) is 0 Å². The van der Waals surface area contributed by atoms with Crippen molar-refractivity contribution in [2.24, 2.45) is 0 Å². The number of ether oxygens (including phenoxy) is 2. The first-order valence-corrected chi connectivity index (χ1v) is 7.91. The minimum atomic E-state index is -3.78. The lowest BCUT2D eigenvalue weighted by atomic mass is 10.2. The van der Waals surface area contributed by atoms with Crippen LogP contribution in [-0.4, -0.2) is 45.5 Å². The summed E-state index contributed by atoms with van der Waals surface area (Å²) in [7, 11) is -1.03. The van der Waals surface area contributed by atoms with Crippen molar-refractivity contribution >= 4 is 16.0 Å². The van der Waals surface area contributed by atoms with Gasteiger partial charge in [0.05, 0.1) is 19.1 Å². The maximum atomic E-state index is 12.7. The summed E-state index contributed by atoms with van der Waals surface area (Å²) in [6.45, 7) is 4.85. The van der Waals surface area contributed by atoms with Gasteiger partial charge in [0.15, 0.2) is 0 Å². The van der Waals surface area contributed by atoms with E-state index in [4.69, 9.17) is 4.74 Å². The molecule has 0 amide bonds. The van der Waals surface area contributed by atoms with Crippen molar-refractivity contribution < 1.29 is 22.7 Å². The monoisotopic (exact) mass is 315 g/mol. The van der Waals surface area contributed by atoms with Crippen molar-refractivity contribution in [1.82, 2.24) is 4.31 Å². The molecule has 6 nitrogen and oxygen atoms in total. The zero-order valence-electron chi connectivity index (χ0n) is 12.9. The van der Waals surface area contributed by atoms with Crippen LogP contribution in [0, 0.1) is 6.92 Å². The van der Waals surface area contributed by atoms with E-state index in [9.17, 15) is 13.2 Å². The Hall–Kier alpha value is -1.60. The van der Waals surface area contributed by atoms with Crippen molar-refractivity contribution in [3.63, 3.8) is 0 Å². The zero-order chi connectivity index (χ0) is 16.2. The van der Waals surface area contributed by atoms with Crippen LogP contribution >= 0.6 is 0 Å². The molecule has 0 aromatic heterocycles. The van der Waals surface area contributed by atoms with E-state index in [1.54, 1.807) is 26.8 Å². The standard InChI is InChI=1S/C14H21NO5S/c1-10(2)15(9-14(16)20-5)21(17,18)12-6-7-13(19-4)11(3)8-12/h6-8,10H,9H2,1-5H3. The highest BCUT2D eigenvalue weighted by Gasteiger charge is 2.29. The van der Waals surface area contributed by atoms with Crippen LogP contribution in [0.15, 0.2) is 23.1 Å². The number of benzene rings is 1. The molecule has 0 fully saturated rings. The Morgan fingerprint density at radius 2 is 1.90 bits per heavy atom. The van der Waals surface area contributed by atoms with Crippen LogP contribution in [0.2, 0.25) is 0 Å². The Morgan fingerprint density at radius 3 is 2.33 bits per heavy atom. The SMILES string of the molecule is COC(=O)CN(C(C)C)S(=O)(=O)c1ccc(OC)c(C)c1. The number of carbonyl (C=O) groups is 1. The molecule has 0 heterocycles. The van der Waals surface area contributed by atoms with E-state index in [1.165, 1.54) is 26.4 Å². The first-order chi connectivity index (χ1) is 9.73. The molecule has 0 saturated carbocycles. The van der Waals surface area contributed by atoms with Crippen molar-refractivity contribution in [3.8, 4) is 5.75 Å². The van der Waals surface area contributed by atoms with Crippen molar-refractivity contribution in [2.45, 2.75) is 31.7 Å².